The molecule has 14 heavy (non-hydrogen) atoms. The predicted octanol–water partition coefficient (Wildman–Crippen LogP) is 3.10. The fourth-order valence-corrected chi connectivity index (χ4v) is 1.00. The fraction of sp³-hybridized carbons (Fsp3) is 0.273. The lowest BCUT2D eigenvalue weighted by Gasteiger charge is -2.07. The number of ether oxygens (including phenoxy) is 1. The van der Waals surface area contributed by atoms with Gasteiger partial charge in [-0.3, -0.25) is 0 Å². The molecule has 3 heteroatoms. The summed E-state index contributed by atoms with van der Waals surface area (Å²) >= 11 is 5.51. The first-order valence-corrected chi connectivity index (χ1v) is 4.82. The monoisotopic (exact) mass is 211 g/mol. The Kier molecular flexibility index (Phi) is 3.84. The molecule has 0 unspecified atom stereocenters. The van der Waals surface area contributed by atoms with Gasteiger partial charge in [-0.05, 0) is 31.1 Å². The van der Waals surface area contributed by atoms with Crippen molar-refractivity contribution in [2.45, 2.75) is 13.8 Å². The lowest BCUT2D eigenvalue weighted by molar-refractivity contribution is 0.352. The van der Waals surface area contributed by atoms with Crippen LogP contribution >= 0.6 is 11.6 Å². The van der Waals surface area contributed by atoms with Crippen molar-refractivity contribution in [3.8, 4) is 5.75 Å². The van der Waals surface area contributed by atoms with Crippen LogP contribution in [0.15, 0.2) is 29.3 Å². The molecule has 0 radical (unpaired) electrons. The van der Waals surface area contributed by atoms with Crippen LogP contribution < -0.4 is 10.5 Å². The molecule has 0 bridgehead atoms. The lowest BCUT2D eigenvalue weighted by Crippen LogP contribution is -1.99. The minimum absolute atomic E-state index is 0.492. The molecule has 0 aliphatic rings. The third-order valence-corrected chi connectivity index (χ3v) is 2.28. The Labute approximate surface area is 89.3 Å². The molecule has 0 aliphatic heterocycles. The van der Waals surface area contributed by atoms with Crippen molar-refractivity contribution in [2.75, 3.05) is 12.3 Å². The van der Waals surface area contributed by atoms with Crippen molar-refractivity contribution in [2.24, 2.45) is 0 Å². The topological polar surface area (TPSA) is 35.2 Å². The molecule has 76 valence electrons. The molecule has 2 N–H and O–H groups in total. The van der Waals surface area contributed by atoms with Crippen LogP contribution in [-0.4, -0.2) is 6.61 Å². The third-order valence-electron chi connectivity index (χ3n) is 1.90. The van der Waals surface area contributed by atoms with Crippen LogP contribution in [0.1, 0.15) is 12.5 Å². The largest absolute Gasteiger partial charge is 0.489 e. The molecule has 0 saturated carbocycles. The summed E-state index contributed by atoms with van der Waals surface area (Å²) in [7, 11) is 0. The van der Waals surface area contributed by atoms with E-state index in [4.69, 9.17) is 22.1 Å². The summed E-state index contributed by atoms with van der Waals surface area (Å²) in [4.78, 5) is 0. The Balaban J connectivity index is 2.64. The molecule has 1 rings (SSSR count). The standard InChI is InChI=1S/C11H14ClNO/c1-8(6-12)7-14-10-4-3-9(2)11(13)5-10/h3-6H,7,13H2,1-2H3/b8-6-. The molecule has 0 amide bonds. The molecule has 0 aliphatic carbocycles. The molecule has 0 heterocycles. The average Bonchev–Trinajstić information content (AvgIpc) is 2.19. The minimum atomic E-state index is 0.492. The van der Waals surface area contributed by atoms with E-state index in [1.165, 1.54) is 5.54 Å². The molecule has 0 saturated heterocycles. The van der Waals surface area contributed by atoms with E-state index < -0.39 is 0 Å². The predicted molar refractivity (Wildman–Crippen MR) is 60.7 cm³/mol. The first-order chi connectivity index (χ1) is 6.63. The summed E-state index contributed by atoms with van der Waals surface area (Å²) in [5.74, 6) is 0.769. The molecule has 1 aromatic carbocycles. The van der Waals surface area contributed by atoms with Gasteiger partial charge in [0.2, 0.25) is 0 Å². The highest BCUT2D eigenvalue weighted by molar-refractivity contribution is 6.25. The summed E-state index contributed by atoms with van der Waals surface area (Å²) in [6, 6.07) is 5.65. The number of hydrogen-bond acceptors (Lipinski definition) is 2. The van der Waals surface area contributed by atoms with Gasteiger partial charge < -0.3 is 10.5 Å². The van der Waals surface area contributed by atoms with Gasteiger partial charge in [-0.15, -0.1) is 0 Å². The first kappa shape index (κ1) is 10.9. The highest BCUT2D eigenvalue weighted by Crippen LogP contribution is 2.19. The Morgan fingerprint density at radius 1 is 1.57 bits per heavy atom. The van der Waals surface area contributed by atoms with E-state index in [1.807, 2.05) is 32.0 Å². The summed E-state index contributed by atoms with van der Waals surface area (Å²) in [6.45, 7) is 4.36. The molecular formula is C11H14ClNO. The quantitative estimate of drug-likeness (QED) is 0.780. The van der Waals surface area contributed by atoms with Crippen LogP contribution in [0.4, 0.5) is 5.69 Å². The molecule has 0 fully saturated rings. The minimum Gasteiger partial charge on any atom is -0.489 e. The average molecular weight is 212 g/mol. The normalized spacial score (nSPS) is 11.5. The van der Waals surface area contributed by atoms with E-state index in [2.05, 4.69) is 0 Å². The van der Waals surface area contributed by atoms with Crippen LogP contribution in [0.2, 0.25) is 0 Å². The van der Waals surface area contributed by atoms with Gasteiger partial charge in [0.1, 0.15) is 12.4 Å². The summed E-state index contributed by atoms with van der Waals surface area (Å²) in [6.07, 6.45) is 0. The van der Waals surface area contributed by atoms with Crippen molar-refractivity contribution in [3.05, 3.63) is 34.9 Å². The van der Waals surface area contributed by atoms with Crippen LogP contribution in [-0.2, 0) is 0 Å². The number of nitrogen functional groups attached to an aromatic ring is 1. The maximum Gasteiger partial charge on any atom is 0.121 e. The zero-order chi connectivity index (χ0) is 10.6. The first-order valence-electron chi connectivity index (χ1n) is 4.38. The number of hydrogen-bond donors (Lipinski definition) is 1. The Hall–Kier alpha value is -1.15. The summed E-state index contributed by atoms with van der Waals surface area (Å²) in [5.41, 5.74) is 10.0. The fourth-order valence-electron chi connectivity index (χ4n) is 0.937. The number of halogens is 1. The number of rotatable bonds is 3. The second-order valence-corrected chi connectivity index (χ2v) is 3.48. The number of anilines is 1. The van der Waals surface area contributed by atoms with Gasteiger partial charge in [0.25, 0.3) is 0 Å². The van der Waals surface area contributed by atoms with Crippen molar-refractivity contribution in [3.63, 3.8) is 0 Å². The van der Waals surface area contributed by atoms with Gasteiger partial charge in [-0.1, -0.05) is 17.7 Å². The van der Waals surface area contributed by atoms with Gasteiger partial charge in [-0.25, -0.2) is 0 Å². The van der Waals surface area contributed by atoms with Gasteiger partial charge in [-0.2, -0.15) is 0 Å². The van der Waals surface area contributed by atoms with E-state index in [0.717, 1.165) is 22.6 Å². The number of benzene rings is 1. The molecule has 0 spiro atoms. The van der Waals surface area contributed by atoms with Gasteiger partial charge in [0.15, 0.2) is 0 Å². The second kappa shape index (κ2) is 4.91. The van der Waals surface area contributed by atoms with Crippen molar-refractivity contribution in [1.29, 1.82) is 0 Å². The smallest absolute Gasteiger partial charge is 0.121 e. The van der Waals surface area contributed by atoms with Crippen molar-refractivity contribution in [1.82, 2.24) is 0 Å². The lowest BCUT2D eigenvalue weighted by atomic mass is 10.2. The highest BCUT2D eigenvalue weighted by atomic mass is 35.5. The summed E-state index contributed by atoms with van der Waals surface area (Å²) < 4.78 is 5.46. The van der Waals surface area contributed by atoms with E-state index in [-0.39, 0.29) is 0 Å². The van der Waals surface area contributed by atoms with Crippen LogP contribution in [0.5, 0.6) is 5.75 Å². The van der Waals surface area contributed by atoms with Crippen LogP contribution in [0, 0.1) is 6.92 Å². The van der Waals surface area contributed by atoms with Crippen LogP contribution in [0.3, 0.4) is 0 Å². The van der Waals surface area contributed by atoms with E-state index in [0.29, 0.717) is 6.61 Å². The van der Waals surface area contributed by atoms with Crippen molar-refractivity contribution < 1.29 is 4.74 Å². The molecular weight excluding hydrogens is 198 g/mol. The molecule has 0 aromatic heterocycles. The number of aryl methyl sites for hydroxylation is 1. The summed E-state index contributed by atoms with van der Waals surface area (Å²) in [5, 5.41) is 0. The van der Waals surface area contributed by atoms with E-state index in [1.54, 1.807) is 0 Å². The highest BCUT2D eigenvalue weighted by Gasteiger charge is 1.97. The molecule has 0 atom stereocenters. The molecule has 1 aromatic rings. The van der Waals surface area contributed by atoms with Crippen LogP contribution in [0.25, 0.3) is 0 Å². The van der Waals surface area contributed by atoms with Gasteiger partial charge >= 0.3 is 0 Å². The maximum atomic E-state index is 5.74. The zero-order valence-electron chi connectivity index (χ0n) is 8.38. The Morgan fingerprint density at radius 2 is 2.29 bits per heavy atom. The second-order valence-electron chi connectivity index (χ2n) is 3.26. The van der Waals surface area contributed by atoms with E-state index in [9.17, 15) is 0 Å². The van der Waals surface area contributed by atoms with Gasteiger partial charge in [0.05, 0.1) is 0 Å². The Morgan fingerprint density at radius 3 is 2.86 bits per heavy atom. The SMILES string of the molecule is C/C(=C/Cl)COc1ccc(C)c(N)c1. The van der Waals surface area contributed by atoms with Gasteiger partial charge in [0, 0.05) is 17.3 Å². The Bertz CT molecular complexity index is 347. The van der Waals surface area contributed by atoms with E-state index >= 15 is 0 Å². The maximum absolute atomic E-state index is 5.74. The molecule has 2 nitrogen and oxygen atoms in total. The zero-order valence-corrected chi connectivity index (χ0v) is 9.14. The number of nitrogens with two attached hydrogens (primary N) is 1. The third kappa shape index (κ3) is 2.96. The van der Waals surface area contributed by atoms with Crippen molar-refractivity contribution >= 4 is 17.3 Å².